The van der Waals surface area contributed by atoms with Crippen molar-refractivity contribution >= 4 is 11.3 Å². The van der Waals surface area contributed by atoms with E-state index in [0.717, 1.165) is 40.7 Å². The predicted molar refractivity (Wildman–Crippen MR) is 106 cm³/mol. The van der Waals surface area contributed by atoms with E-state index in [1.165, 1.54) is 0 Å². The number of nitrogens with one attached hydrogen (secondary N) is 1. The summed E-state index contributed by atoms with van der Waals surface area (Å²) in [5.74, 6) is 0.901. The van der Waals surface area contributed by atoms with Gasteiger partial charge in [-0.25, -0.2) is 4.98 Å². The van der Waals surface area contributed by atoms with Crippen molar-refractivity contribution in [2.75, 3.05) is 0 Å². The van der Waals surface area contributed by atoms with Gasteiger partial charge in [0.2, 0.25) is 0 Å². The van der Waals surface area contributed by atoms with Gasteiger partial charge in [0.05, 0.1) is 5.69 Å². The molecule has 2 aromatic heterocycles. The number of para-hydroxylation sites is 1. The van der Waals surface area contributed by atoms with Crippen molar-refractivity contribution in [3.05, 3.63) is 76.0 Å². The second-order valence-corrected chi connectivity index (χ2v) is 8.18. The number of hydrogen-bond donors (Lipinski definition) is 1. The van der Waals surface area contributed by atoms with Gasteiger partial charge in [0, 0.05) is 47.4 Å². The average molecular weight is 368 g/mol. The highest BCUT2D eigenvalue weighted by molar-refractivity contribution is 7.09. The molecule has 0 radical (unpaired) electrons. The zero-order valence-electron chi connectivity index (χ0n) is 15.5. The van der Waals surface area contributed by atoms with Crippen LogP contribution in [-0.4, -0.2) is 9.97 Å². The van der Waals surface area contributed by atoms with Gasteiger partial charge < -0.3 is 10.1 Å². The lowest BCUT2D eigenvalue weighted by atomic mass is 9.93. The molecule has 4 nitrogen and oxygen atoms in total. The minimum atomic E-state index is 0.0987. The van der Waals surface area contributed by atoms with Crippen LogP contribution in [0, 0.1) is 0 Å². The molecular weight excluding hydrogens is 342 g/mol. The Hall–Kier alpha value is -2.24. The maximum absolute atomic E-state index is 5.98. The van der Waals surface area contributed by atoms with Crippen LogP contribution in [-0.2, 0) is 25.1 Å². The molecule has 0 saturated heterocycles. The summed E-state index contributed by atoms with van der Waals surface area (Å²) in [4.78, 5) is 8.85. The lowest BCUT2D eigenvalue weighted by Crippen LogP contribution is -2.15. The highest BCUT2D eigenvalue weighted by Gasteiger charge is 2.17. The van der Waals surface area contributed by atoms with Gasteiger partial charge in [0.15, 0.2) is 0 Å². The summed E-state index contributed by atoms with van der Waals surface area (Å²) in [5, 5.41) is 6.75. The van der Waals surface area contributed by atoms with Gasteiger partial charge in [-0.15, -0.1) is 11.3 Å². The maximum atomic E-state index is 5.98. The van der Waals surface area contributed by atoms with Crippen molar-refractivity contribution in [3.8, 4) is 5.75 Å². The van der Waals surface area contributed by atoms with Gasteiger partial charge in [-0.2, -0.15) is 0 Å². The minimum absolute atomic E-state index is 0.0987. The van der Waals surface area contributed by atoms with Crippen molar-refractivity contribution in [3.63, 3.8) is 0 Å². The maximum Gasteiger partial charge on any atom is 0.124 e. The van der Waals surface area contributed by atoms with E-state index in [-0.39, 0.29) is 5.41 Å². The van der Waals surface area contributed by atoms with E-state index in [4.69, 9.17) is 9.72 Å². The molecule has 5 heteroatoms. The lowest BCUT2D eigenvalue weighted by molar-refractivity contribution is 0.301. The molecule has 0 aliphatic rings. The molecule has 0 aliphatic heterocycles. The van der Waals surface area contributed by atoms with E-state index in [9.17, 15) is 0 Å². The summed E-state index contributed by atoms with van der Waals surface area (Å²) in [6.07, 6.45) is 3.60. The van der Waals surface area contributed by atoms with Crippen molar-refractivity contribution in [2.45, 2.75) is 45.9 Å². The molecule has 26 heavy (non-hydrogen) atoms. The van der Waals surface area contributed by atoms with E-state index in [1.807, 2.05) is 36.5 Å². The zero-order chi connectivity index (χ0) is 18.4. The van der Waals surface area contributed by atoms with Crippen LogP contribution in [0.2, 0.25) is 0 Å². The SMILES string of the molecule is CC(C)(C)c1csc(CNCc2ccccc2OCc2cccnc2)n1. The second kappa shape index (κ2) is 8.43. The number of nitrogens with zero attached hydrogens (tertiary/aromatic N) is 2. The number of thiazole rings is 1. The van der Waals surface area contributed by atoms with Crippen LogP contribution in [0.15, 0.2) is 54.2 Å². The van der Waals surface area contributed by atoms with Crippen molar-refractivity contribution in [1.29, 1.82) is 0 Å². The molecule has 0 amide bonds. The first-order valence-electron chi connectivity index (χ1n) is 8.77. The van der Waals surface area contributed by atoms with Crippen molar-refractivity contribution in [1.82, 2.24) is 15.3 Å². The summed E-state index contributed by atoms with van der Waals surface area (Å²) in [6, 6.07) is 12.1. The lowest BCUT2D eigenvalue weighted by Gasteiger charge is -2.14. The Kier molecular flexibility index (Phi) is 6.01. The first-order chi connectivity index (χ1) is 12.5. The standard InChI is InChI=1S/C21H25N3OS/c1-21(2,3)19-15-26-20(24-19)13-23-12-17-8-4-5-9-18(17)25-14-16-7-6-10-22-11-16/h4-11,15,23H,12-14H2,1-3H3. The van der Waals surface area contributed by atoms with Gasteiger partial charge in [0.1, 0.15) is 17.4 Å². The Bertz CT molecular complexity index is 825. The second-order valence-electron chi connectivity index (χ2n) is 7.24. The molecule has 0 unspecified atom stereocenters. The third kappa shape index (κ3) is 5.13. The molecule has 0 spiro atoms. The third-order valence-electron chi connectivity index (χ3n) is 4.00. The highest BCUT2D eigenvalue weighted by atomic mass is 32.1. The average Bonchev–Trinajstić information content (AvgIpc) is 3.11. The molecule has 3 aromatic rings. The smallest absolute Gasteiger partial charge is 0.124 e. The topological polar surface area (TPSA) is 47.0 Å². The number of aromatic nitrogens is 2. The molecule has 1 aromatic carbocycles. The molecular formula is C21H25N3OS. The van der Waals surface area contributed by atoms with Gasteiger partial charge in [0.25, 0.3) is 0 Å². The first-order valence-corrected chi connectivity index (χ1v) is 9.65. The summed E-state index contributed by atoms with van der Waals surface area (Å²) in [6.45, 7) is 8.59. The van der Waals surface area contributed by atoms with Crippen LogP contribution in [0.25, 0.3) is 0 Å². The van der Waals surface area contributed by atoms with Crippen molar-refractivity contribution < 1.29 is 4.74 Å². The van der Waals surface area contributed by atoms with Crippen molar-refractivity contribution in [2.24, 2.45) is 0 Å². The van der Waals surface area contributed by atoms with Gasteiger partial charge in [-0.3, -0.25) is 4.98 Å². The van der Waals surface area contributed by atoms with E-state index in [0.29, 0.717) is 6.61 Å². The van der Waals surface area contributed by atoms with E-state index in [2.05, 4.69) is 42.5 Å². The number of benzene rings is 1. The molecule has 1 N–H and O–H groups in total. The Balaban J connectivity index is 1.56. The van der Waals surface area contributed by atoms with Crippen LogP contribution in [0.5, 0.6) is 5.75 Å². The Morgan fingerprint density at radius 3 is 2.65 bits per heavy atom. The van der Waals surface area contributed by atoms with Gasteiger partial charge >= 0.3 is 0 Å². The Labute approximate surface area is 159 Å². The molecule has 0 fully saturated rings. The van der Waals surface area contributed by atoms with Crippen LogP contribution >= 0.6 is 11.3 Å². The minimum Gasteiger partial charge on any atom is -0.489 e. The summed E-state index contributed by atoms with van der Waals surface area (Å²) in [5.41, 5.74) is 3.46. The quantitative estimate of drug-likeness (QED) is 0.657. The van der Waals surface area contributed by atoms with Crippen LogP contribution in [0.1, 0.15) is 42.6 Å². The highest BCUT2D eigenvalue weighted by Crippen LogP contribution is 2.24. The molecule has 136 valence electrons. The molecule has 3 rings (SSSR count). The molecule has 0 bridgehead atoms. The zero-order valence-corrected chi connectivity index (χ0v) is 16.3. The summed E-state index contributed by atoms with van der Waals surface area (Å²) in [7, 11) is 0. The third-order valence-corrected chi connectivity index (χ3v) is 4.85. The van der Waals surface area contributed by atoms with E-state index in [1.54, 1.807) is 17.5 Å². The molecule has 2 heterocycles. The van der Waals surface area contributed by atoms with E-state index < -0.39 is 0 Å². The fourth-order valence-corrected chi connectivity index (χ4v) is 3.47. The monoisotopic (exact) mass is 367 g/mol. The molecule has 0 aliphatic carbocycles. The number of rotatable bonds is 7. The largest absolute Gasteiger partial charge is 0.489 e. The molecule has 0 saturated carbocycles. The normalized spacial score (nSPS) is 11.5. The summed E-state index contributed by atoms with van der Waals surface area (Å²) >= 11 is 1.71. The molecule has 0 atom stereocenters. The van der Waals surface area contributed by atoms with Crippen LogP contribution in [0.4, 0.5) is 0 Å². The number of hydrogen-bond acceptors (Lipinski definition) is 5. The van der Waals surface area contributed by atoms with Gasteiger partial charge in [-0.1, -0.05) is 45.0 Å². The van der Waals surface area contributed by atoms with Crippen LogP contribution in [0.3, 0.4) is 0 Å². The van der Waals surface area contributed by atoms with Crippen LogP contribution < -0.4 is 10.1 Å². The fraction of sp³-hybridized carbons (Fsp3) is 0.333. The number of pyridine rings is 1. The summed E-state index contributed by atoms with van der Waals surface area (Å²) < 4.78 is 5.98. The van der Waals surface area contributed by atoms with E-state index >= 15 is 0 Å². The Morgan fingerprint density at radius 1 is 1.08 bits per heavy atom. The predicted octanol–water partition coefficient (Wildman–Crippen LogP) is 4.70. The number of ether oxygens (including phenoxy) is 1. The fourth-order valence-electron chi connectivity index (χ4n) is 2.48. The Morgan fingerprint density at radius 2 is 1.92 bits per heavy atom. The van der Waals surface area contributed by atoms with Gasteiger partial charge in [-0.05, 0) is 12.1 Å². The first kappa shape index (κ1) is 18.5.